The van der Waals surface area contributed by atoms with Crippen LogP contribution in [-0.4, -0.2) is 6.04 Å². The van der Waals surface area contributed by atoms with Crippen LogP contribution in [0.3, 0.4) is 0 Å². The SMILES string of the molecule is CC(C)(C)CC(N)CC1CCC1. The van der Waals surface area contributed by atoms with Gasteiger partial charge in [-0.25, -0.2) is 0 Å². The lowest BCUT2D eigenvalue weighted by Gasteiger charge is -2.30. The minimum Gasteiger partial charge on any atom is -0.328 e. The largest absolute Gasteiger partial charge is 0.328 e. The molecule has 0 aromatic rings. The number of rotatable bonds is 3. The maximum absolute atomic E-state index is 6.07. The van der Waals surface area contributed by atoms with Crippen LogP contribution in [0.25, 0.3) is 0 Å². The van der Waals surface area contributed by atoms with E-state index >= 15 is 0 Å². The van der Waals surface area contributed by atoms with Crippen molar-refractivity contribution in [1.29, 1.82) is 0 Å². The molecule has 0 aliphatic heterocycles. The molecule has 1 aliphatic carbocycles. The Labute approximate surface area is 76.7 Å². The summed E-state index contributed by atoms with van der Waals surface area (Å²) in [5.74, 6) is 0.961. The van der Waals surface area contributed by atoms with E-state index < -0.39 is 0 Å². The zero-order chi connectivity index (χ0) is 9.19. The molecule has 1 aliphatic rings. The summed E-state index contributed by atoms with van der Waals surface area (Å²) >= 11 is 0. The van der Waals surface area contributed by atoms with Gasteiger partial charge in [0.25, 0.3) is 0 Å². The summed E-state index contributed by atoms with van der Waals surface area (Å²) in [6.07, 6.45) is 6.73. The van der Waals surface area contributed by atoms with Crippen LogP contribution in [-0.2, 0) is 0 Å². The molecule has 0 spiro atoms. The molecule has 1 heteroatoms. The van der Waals surface area contributed by atoms with Gasteiger partial charge in [0.05, 0.1) is 0 Å². The molecule has 0 aromatic carbocycles. The van der Waals surface area contributed by atoms with Gasteiger partial charge in [-0.15, -0.1) is 0 Å². The van der Waals surface area contributed by atoms with E-state index in [2.05, 4.69) is 20.8 Å². The Morgan fingerprint density at radius 1 is 1.33 bits per heavy atom. The standard InChI is InChI=1S/C11H23N/c1-11(2,3)8-10(12)7-9-5-4-6-9/h9-10H,4-8,12H2,1-3H3. The zero-order valence-electron chi connectivity index (χ0n) is 8.77. The second kappa shape index (κ2) is 3.78. The molecule has 0 bridgehead atoms. The monoisotopic (exact) mass is 169 g/mol. The summed E-state index contributed by atoms with van der Waals surface area (Å²) in [4.78, 5) is 0. The first-order valence-corrected chi connectivity index (χ1v) is 5.23. The van der Waals surface area contributed by atoms with Crippen LogP contribution >= 0.6 is 0 Å². The van der Waals surface area contributed by atoms with E-state index in [1.165, 1.54) is 32.1 Å². The van der Waals surface area contributed by atoms with Crippen LogP contribution in [0.15, 0.2) is 0 Å². The first kappa shape index (κ1) is 10.0. The van der Waals surface area contributed by atoms with Crippen molar-refractivity contribution >= 4 is 0 Å². The summed E-state index contributed by atoms with van der Waals surface area (Å²) in [5.41, 5.74) is 6.48. The van der Waals surface area contributed by atoms with E-state index in [1.54, 1.807) is 0 Å². The highest BCUT2D eigenvalue weighted by Gasteiger charge is 2.22. The third-order valence-corrected chi connectivity index (χ3v) is 2.74. The van der Waals surface area contributed by atoms with Crippen molar-refractivity contribution in [3.05, 3.63) is 0 Å². The maximum atomic E-state index is 6.07. The normalized spacial score (nSPS) is 22.0. The molecule has 1 fully saturated rings. The smallest absolute Gasteiger partial charge is 0.00464 e. The van der Waals surface area contributed by atoms with Crippen molar-refractivity contribution in [2.75, 3.05) is 0 Å². The van der Waals surface area contributed by atoms with Crippen LogP contribution in [0.1, 0.15) is 52.9 Å². The van der Waals surface area contributed by atoms with E-state index in [0.717, 1.165) is 5.92 Å². The average molecular weight is 169 g/mol. The van der Waals surface area contributed by atoms with Crippen LogP contribution < -0.4 is 5.73 Å². The highest BCUT2D eigenvalue weighted by molar-refractivity contribution is 4.78. The fraction of sp³-hybridized carbons (Fsp3) is 1.00. The molecular weight excluding hydrogens is 146 g/mol. The highest BCUT2D eigenvalue weighted by Crippen LogP contribution is 2.32. The van der Waals surface area contributed by atoms with Gasteiger partial charge in [-0.3, -0.25) is 0 Å². The predicted octanol–water partition coefficient (Wildman–Crippen LogP) is 2.94. The van der Waals surface area contributed by atoms with Gasteiger partial charge in [0.15, 0.2) is 0 Å². The fourth-order valence-electron chi connectivity index (χ4n) is 2.03. The van der Waals surface area contributed by atoms with E-state index in [9.17, 15) is 0 Å². The van der Waals surface area contributed by atoms with E-state index in [1.807, 2.05) is 0 Å². The van der Waals surface area contributed by atoms with Crippen LogP contribution in [0.4, 0.5) is 0 Å². The lowest BCUT2D eigenvalue weighted by atomic mass is 9.78. The molecule has 0 saturated heterocycles. The number of hydrogen-bond acceptors (Lipinski definition) is 1. The molecule has 1 nitrogen and oxygen atoms in total. The molecule has 1 atom stereocenters. The lowest BCUT2D eigenvalue weighted by molar-refractivity contribution is 0.242. The maximum Gasteiger partial charge on any atom is 0.00464 e. The summed E-state index contributed by atoms with van der Waals surface area (Å²) < 4.78 is 0. The van der Waals surface area contributed by atoms with Gasteiger partial charge in [0.1, 0.15) is 0 Å². The molecule has 1 saturated carbocycles. The molecule has 0 radical (unpaired) electrons. The number of nitrogens with two attached hydrogens (primary N) is 1. The van der Waals surface area contributed by atoms with Gasteiger partial charge >= 0.3 is 0 Å². The summed E-state index contributed by atoms with van der Waals surface area (Å²) in [5, 5.41) is 0. The minimum absolute atomic E-state index is 0.406. The van der Waals surface area contributed by atoms with Crippen molar-refractivity contribution in [2.45, 2.75) is 58.9 Å². The molecular formula is C11H23N. The van der Waals surface area contributed by atoms with Crippen LogP contribution in [0.2, 0.25) is 0 Å². The molecule has 0 heterocycles. The van der Waals surface area contributed by atoms with Crippen molar-refractivity contribution < 1.29 is 0 Å². The van der Waals surface area contributed by atoms with E-state index in [4.69, 9.17) is 5.73 Å². The first-order valence-electron chi connectivity index (χ1n) is 5.23. The Hall–Kier alpha value is -0.0400. The second-order valence-electron chi connectivity index (χ2n) is 5.56. The summed E-state index contributed by atoms with van der Waals surface area (Å²) in [6, 6.07) is 0.440. The Bertz CT molecular complexity index is 130. The van der Waals surface area contributed by atoms with Crippen molar-refractivity contribution in [1.82, 2.24) is 0 Å². The zero-order valence-corrected chi connectivity index (χ0v) is 8.77. The molecule has 0 aromatic heterocycles. The van der Waals surface area contributed by atoms with Gasteiger partial charge in [-0.1, -0.05) is 40.0 Å². The molecule has 1 rings (SSSR count). The minimum atomic E-state index is 0.406. The predicted molar refractivity (Wildman–Crippen MR) is 54.0 cm³/mol. The first-order chi connectivity index (χ1) is 5.47. The average Bonchev–Trinajstić information content (AvgIpc) is 1.74. The number of hydrogen-bond donors (Lipinski definition) is 1. The van der Waals surface area contributed by atoms with Gasteiger partial charge in [-0.2, -0.15) is 0 Å². The Morgan fingerprint density at radius 3 is 2.25 bits per heavy atom. The molecule has 2 N–H and O–H groups in total. The van der Waals surface area contributed by atoms with Crippen molar-refractivity contribution in [3.63, 3.8) is 0 Å². The Kier molecular flexibility index (Phi) is 3.16. The second-order valence-corrected chi connectivity index (χ2v) is 5.56. The van der Waals surface area contributed by atoms with Gasteiger partial charge in [0.2, 0.25) is 0 Å². The fourth-order valence-corrected chi connectivity index (χ4v) is 2.03. The Morgan fingerprint density at radius 2 is 1.92 bits per heavy atom. The topological polar surface area (TPSA) is 26.0 Å². The third kappa shape index (κ3) is 3.57. The molecule has 0 amide bonds. The molecule has 1 unspecified atom stereocenters. The van der Waals surface area contributed by atoms with Crippen molar-refractivity contribution in [3.8, 4) is 0 Å². The summed E-state index contributed by atoms with van der Waals surface area (Å²) in [6.45, 7) is 6.81. The third-order valence-electron chi connectivity index (χ3n) is 2.74. The van der Waals surface area contributed by atoms with Crippen LogP contribution in [0, 0.1) is 11.3 Å². The van der Waals surface area contributed by atoms with E-state index in [0.29, 0.717) is 11.5 Å². The van der Waals surface area contributed by atoms with Gasteiger partial charge in [0, 0.05) is 6.04 Å². The quantitative estimate of drug-likeness (QED) is 0.690. The summed E-state index contributed by atoms with van der Waals surface area (Å²) in [7, 11) is 0. The van der Waals surface area contributed by atoms with E-state index in [-0.39, 0.29) is 0 Å². The molecule has 72 valence electrons. The van der Waals surface area contributed by atoms with Crippen LogP contribution in [0.5, 0.6) is 0 Å². The van der Waals surface area contributed by atoms with Gasteiger partial charge in [-0.05, 0) is 24.2 Å². The van der Waals surface area contributed by atoms with Gasteiger partial charge < -0.3 is 5.73 Å². The highest BCUT2D eigenvalue weighted by atomic mass is 14.6. The lowest BCUT2D eigenvalue weighted by Crippen LogP contribution is -2.30. The molecule has 12 heavy (non-hydrogen) atoms. The van der Waals surface area contributed by atoms with Crippen molar-refractivity contribution in [2.24, 2.45) is 17.1 Å². The Balaban J connectivity index is 2.14.